The van der Waals surface area contributed by atoms with Crippen molar-refractivity contribution in [2.24, 2.45) is 0 Å². The van der Waals surface area contributed by atoms with Crippen LogP contribution in [-0.4, -0.2) is 83.4 Å². The third kappa shape index (κ3) is 6.73. The lowest BCUT2D eigenvalue weighted by Gasteiger charge is -2.43. The van der Waals surface area contributed by atoms with E-state index in [1.807, 2.05) is 24.0 Å². The largest absolute Gasteiger partial charge is 0.450 e. The van der Waals surface area contributed by atoms with Gasteiger partial charge in [-0.05, 0) is 57.9 Å². The number of nitrogens with zero attached hydrogens (tertiary/aromatic N) is 3. The van der Waals surface area contributed by atoms with E-state index < -0.39 is 5.60 Å². The molecular formula is C24H35N3O3. The number of carbonyl (C=O) groups excluding carboxylic acids is 1. The molecule has 2 heterocycles. The van der Waals surface area contributed by atoms with Gasteiger partial charge < -0.3 is 14.7 Å². The van der Waals surface area contributed by atoms with Gasteiger partial charge in [0.1, 0.15) is 5.60 Å². The number of hydrogen-bond acceptors (Lipinski definition) is 5. The molecule has 0 aromatic heterocycles. The molecule has 1 N–H and O–H groups in total. The second-order valence-corrected chi connectivity index (χ2v) is 8.76. The summed E-state index contributed by atoms with van der Waals surface area (Å²) in [5.74, 6) is 5.88. The molecule has 3 rings (SSSR count). The fourth-order valence-corrected chi connectivity index (χ4v) is 4.13. The molecule has 6 heteroatoms. The van der Waals surface area contributed by atoms with Crippen molar-refractivity contribution < 1.29 is 14.6 Å². The number of carbonyl (C=O) groups is 1. The van der Waals surface area contributed by atoms with Crippen molar-refractivity contribution >= 4 is 6.09 Å². The molecular weight excluding hydrogens is 378 g/mol. The van der Waals surface area contributed by atoms with Gasteiger partial charge in [0.2, 0.25) is 0 Å². The van der Waals surface area contributed by atoms with Crippen molar-refractivity contribution in [3.05, 3.63) is 35.4 Å². The zero-order chi connectivity index (χ0) is 21.6. The minimum absolute atomic E-state index is 0.182. The molecule has 1 atom stereocenters. The molecule has 1 aromatic carbocycles. The van der Waals surface area contributed by atoms with E-state index in [-0.39, 0.29) is 6.09 Å². The van der Waals surface area contributed by atoms with E-state index in [9.17, 15) is 9.90 Å². The summed E-state index contributed by atoms with van der Waals surface area (Å²) in [5.41, 5.74) is 1.25. The SMILES string of the molecule is CCOC(=O)N1CCN([C@@H]2CCCN(Cc3ccc(C#CC(C)(C)O)cc3)C2)CC1. The molecule has 1 aromatic rings. The minimum Gasteiger partial charge on any atom is -0.450 e. The summed E-state index contributed by atoms with van der Waals surface area (Å²) < 4.78 is 5.13. The van der Waals surface area contributed by atoms with Crippen LogP contribution in [0.1, 0.15) is 44.7 Å². The highest BCUT2D eigenvalue weighted by Gasteiger charge is 2.29. The second kappa shape index (κ2) is 10.3. The summed E-state index contributed by atoms with van der Waals surface area (Å²) in [6, 6.07) is 8.89. The van der Waals surface area contributed by atoms with Gasteiger partial charge in [-0.1, -0.05) is 24.0 Å². The average Bonchev–Trinajstić information content (AvgIpc) is 2.73. The van der Waals surface area contributed by atoms with Crippen LogP contribution < -0.4 is 0 Å². The van der Waals surface area contributed by atoms with Gasteiger partial charge in [-0.15, -0.1) is 0 Å². The predicted molar refractivity (Wildman–Crippen MR) is 118 cm³/mol. The van der Waals surface area contributed by atoms with Crippen LogP contribution in [0.2, 0.25) is 0 Å². The lowest BCUT2D eigenvalue weighted by Crippen LogP contribution is -2.55. The van der Waals surface area contributed by atoms with Crippen LogP contribution in [-0.2, 0) is 11.3 Å². The standard InChI is InChI=1S/C24H35N3O3/c1-4-30-23(28)27-16-14-26(15-17-27)22-6-5-13-25(19-22)18-21-9-7-20(8-10-21)11-12-24(2,3)29/h7-10,22,29H,4-6,13-19H2,1-3H3/t22-/m1/s1. The Hall–Kier alpha value is -2.07. The first-order chi connectivity index (χ1) is 14.3. The van der Waals surface area contributed by atoms with E-state index >= 15 is 0 Å². The van der Waals surface area contributed by atoms with Crippen LogP contribution in [0, 0.1) is 11.8 Å². The average molecular weight is 414 g/mol. The van der Waals surface area contributed by atoms with Crippen molar-refractivity contribution in [1.29, 1.82) is 0 Å². The fraction of sp³-hybridized carbons (Fsp3) is 0.625. The molecule has 164 valence electrons. The van der Waals surface area contributed by atoms with Gasteiger partial charge in [-0.3, -0.25) is 9.80 Å². The summed E-state index contributed by atoms with van der Waals surface area (Å²) in [5, 5.41) is 9.74. The maximum atomic E-state index is 11.9. The third-order valence-corrected chi connectivity index (χ3v) is 5.71. The van der Waals surface area contributed by atoms with Crippen molar-refractivity contribution in [2.45, 2.75) is 51.8 Å². The molecule has 2 aliphatic heterocycles. The van der Waals surface area contributed by atoms with E-state index in [0.717, 1.165) is 51.4 Å². The Morgan fingerprint density at radius 3 is 2.50 bits per heavy atom. The van der Waals surface area contributed by atoms with Crippen LogP contribution >= 0.6 is 0 Å². The van der Waals surface area contributed by atoms with Crippen molar-refractivity contribution in [2.75, 3.05) is 45.9 Å². The molecule has 0 saturated carbocycles. The highest BCUT2D eigenvalue weighted by Crippen LogP contribution is 2.20. The van der Waals surface area contributed by atoms with Gasteiger partial charge in [0.25, 0.3) is 0 Å². The molecule has 2 aliphatic rings. The lowest BCUT2D eigenvalue weighted by molar-refractivity contribution is 0.0412. The third-order valence-electron chi connectivity index (χ3n) is 5.71. The molecule has 2 fully saturated rings. The first-order valence-corrected chi connectivity index (χ1v) is 11.1. The van der Waals surface area contributed by atoms with Gasteiger partial charge in [0, 0.05) is 50.9 Å². The van der Waals surface area contributed by atoms with Gasteiger partial charge in [0.05, 0.1) is 6.61 Å². The van der Waals surface area contributed by atoms with Gasteiger partial charge in [-0.25, -0.2) is 4.79 Å². The Balaban J connectivity index is 1.49. The van der Waals surface area contributed by atoms with E-state index in [1.165, 1.54) is 18.4 Å². The number of aliphatic hydroxyl groups is 1. The Bertz CT molecular complexity index is 753. The lowest BCUT2D eigenvalue weighted by atomic mass is 10.0. The molecule has 0 spiro atoms. The topological polar surface area (TPSA) is 56.2 Å². The Kier molecular flexibility index (Phi) is 7.76. The van der Waals surface area contributed by atoms with Crippen LogP contribution in [0.25, 0.3) is 0 Å². The van der Waals surface area contributed by atoms with Gasteiger partial charge >= 0.3 is 6.09 Å². The van der Waals surface area contributed by atoms with Crippen LogP contribution in [0.4, 0.5) is 4.79 Å². The van der Waals surface area contributed by atoms with Gasteiger partial charge in [-0.2, -0.15) is 0 Å². The predicted octanol–water partition coefficient (Wildman–Crippen LogP) is 2.55. The number of benzene rings is 1. The number of rotatable bonds is 4. The van der Waals surface area contributed by atoms with E-state index in [4.69, 9.17) is 4.74 Å². The monoisotopic (exact) mass is 413 g/mol. The highest BCUT2D eigenvalue weighted by molar-refractivity contribution is 5.67. The number of amides is 1. The Morgan fingerprint density at radius 2 is 1.87 bits per heavy atom. The number of likely N-dealkylation sites (tertiary alicyclic amines) is 1. The number of ether oxygens (including phenoxy) is 1. The summed E-state index contributed by atoms with van der Waals surface area (Å²) in [7, 11) is 0. The van der Waals surface area contributed by atoms with E-state index in [2.05, 4.69) is 33.8 Å². The molecule has 6 nitrogen and oxygen atoms in total. The summed E-state index contributed by atoms with van der Waals surface area (Å²) in [6.07, 6.45) is 2.25. The summed E-state index contributed by atoms with van der Waals surface area (Å²) in [4.78, 5) is 18.8. The van der Waals surface area contributed by atoms with Crippen molar-refractivity contribution in [1.82, 2.24) is 14.7 Å². The first kappa shape index (κ1) is 22.6. The zero-order valence-corrected chi connectivity index (χ0v) is 18.6. The molecule has 0 unspecified atom stereocenters. The highest BCUT2D eigenvalue weighted by atomic mass is 16.6. The second-order valence-electron chi connectivity index (χ2n) is 8.76. The molecule has 30 heavy (non-hydrogen) atoms. The summed E-state index contributed by atoms with van der Waals surface area (Å²) >= 11 is 0. The molecule has 2 saturated heterocycles. The molecule has 1 amide bonds. The smallest absolute Gasteiger partial charge is 0.409 e. The zero-order valence-electron chi connectivity index (χ0n) is 18.6. The van der Waals surface area contributed by atoms with Crippen LogP contribution in [0.5, 0.6) is 0 Å². The Morgan fingerprint density at radius 1 is 1.17 bits per heavy atom. The van der Waals surface area contributed by atoms with E-state index in [1.54, 1.807) is 13.8 Å². The molecule has 0 radical (unpaired) electrons. The first-order valence-electron chi connectivity index (χ1n) is 11.1. The number of piperidine rings is 1. The fourth-order valence-electron chi connectivity index (χ4n) is 4.13. The van der Waals surface area contributed by atoms with E-state index in [0.29, 0.717) is 12.6 Å². The Labute approximate surface area is 180 Å². The van der Waals surface area contributed by atoms with Gasteiger partial charge in [0.15, 0.2) is 0 Å². The number of hydrogen-bond donors (Lipinski definition) is 1. The van der Waals surface area contributed by atoms with Crippen LogP contribution in [0.15, 0.2) is 24.3 Å². The van der Waals surface area contributed by atoms with Crippen LogP contribution in [0.3, 0.4) is 0 Å². The quantitative estimate of drug-likeness (QED) is 0.769. The normalized spacial score (nSPS) is 21.1. The minimum atomic E-state index is -0.969. The summed E-state index contributed by atoms with van der Waals surface area (Å²) in [6.45, 7) is 12.2. The van der Waals surface area contributed by atoms with Crippen molar-refractivity contribution in [3.8, 4) is 11.8 Å². The molecule has 0 aliphatic carbocycles. The maximum Gasteiger partial charge on any atom is 0.409 e. The maximum absolute atomic E-state index is 11.9. The number of piperazine rings is 1. The molecule has 0 bridgehead atoms. The van der Waals surface area contributed by atoms with Crippen molar-refractivity contribution in [3.63, 3.8) is 0 Å².